The molecule has 1 aromatic heterocycles. The molecular formula is C19H23N3O2S. The molecule has 0 radical (unpaired) electrons. The summed E-state index contributed by atoms with van der Waals surface area (Å²) in [6, 6.07) is 16.3. The molecule has 0 bridgehead atoms. The molecule has 0 fully saturated rings. The van der Waals surface area contributed by atoms with Gasteiger partial charge in [0, 0.05) is 49.3 Å². The fourth-order valence-electron chi connectivity index (χ4n) is 3.03. The lowest BCUT2D eigenvalue weighted by Gasteiger charge is -2.19. The summed E-state index contributed by atoms with van der Waals surface area (Å²) in [4.78, 5) is 5.32. The number of hydrogen-bond donors (Lipinski definition) is 2. The van der Waals surface area contributed by atoms with Crippen molar-refractivity contribution in [3.63, 3.8) is 0 Å². The summed E-state index contributed by atoms with van der Waals surface area (Å²) in [6.45, 7) is 0.321. The molecule has 5 nitrogen and oxygen atoms in total. The van der Waals surface area contributed by atoms with Gasteiger partial charge in [-0.05, 0) is 29.3 Å². The minimum absolute atomic E-state index is 0.0675. The molecule has 0 amide bonds. The van der Waals surface area contributed by atoms with Crippen LogP contribution >= 0.6 is 0 Å². The molecule has 0 aliphatic rings. The van der Waals surface area contributed by atoms with E-state index in [-0.39, 0.29) is 5.92 Å². The first-order valence-electron chi connectivity index (χ1n) is 8.13. The number of aromatic nitrogens is 1. The predicted octanol–water partition coefficient (Wildman–Crippen LogP) is 2.92. The maximum Gasteiger partial charge on any atom is 0.208 e. The summed E-state index contributed by atoms with van der Waals surface area (Å²) in [5.41, 5.74) is 4.32. The Morgan fingerprint density at radius 2 is 1.76 bits per heavy atom. The molecule has 3 aromatic rings. The number of nitrogens with one attached hydrogen (secondary N) is 2. The number of sulfonamides is 1. The van der Waals surface area contributed by atoms with Crippen LogP contribution in [0.5, 0.6) is 0 Å². The zero-order valence-corrected chi connectivity index (χ0v) is 15.5. The number of rotatable bonds is 6. The minimum Gasteiger partial charge on any atom is -0.378 e. The SMILES string of the molecule is CN(C)c1ccc(C(CNS(C)(=O)=O)c2c[nH]c3ccccc23)cc1. The fourth-order valence-corrected chi connectivity index (χ4v) is 3.50. The van der Waals surface area contributed by atoms with E-state index in [0.717, 1.165) is 27.7 Å². The second kappa shape index (κ2) is 6.90. The van der Waals surface area contributed by atoms with E-state index in [2.05, 4.69) is 40.0 Å². The van der Waals surface area contributed by atoms with Crippen molar-refractivity contribution in [3.05, 3.63) is 65.9 Å². The number of anilines is 1. The van der Waals surface area contributed by atoms with Crippen molar-refractivity contribution in [2.45, 2.75) is 5.92 Å². The minimum atomic E-state index is -3.26. The molecule has 0 aliphatic heterocycles. The number of hydrogen-bond acceptors (Lipinski definition) is 3. The summed E-state index contributed by atoms with van der Waals surface area (Å²) in [5, 5.41) is 1.11. The van der Waals surface area contributed by atoms with E-state index in [1.807, 2.05) is 43.4 Å². The van der Waals surface area contributed by atoms with Gasteiger partial charge in [0.05, 0.1) is 6.26 Å². The molecule has 6 heteroatoms. The van der Waals surface area contributed by atoms with Gasteiger partial charge in [-0.1, -0.05) is 30.3 Å². The van der Waals surface area contributed by atoms with Crippen LogP contribution < -0.4 is 9.62 Å². The Hall–Kier alpha value is -2.31. The van der Waals surface area contributed by atoms with Crippen LogP contribution in [0.25, 0.3) is 10.9 Å². The molecule has 0 spiro atoms. The topological polar surface area (TPSA) is 65.2 Å². The van der Waals surface area contributed by atoms with Crippen molar-refractivity contribution in [1.29, 1.82) is 0 Å². The molecule has 2 N–H and O–H groups in total. The van der Waals surface area contributed by atoms with Gasteiger partial charge in [-0.15, -0.1) is 0 Å². The van der Waals surface area contributed by atoms with Crippen molar-refractivity contribution in [2.75, 3.05) is 31.8 Å². The largest absolute Gasteiger partial charge is 0.378 e. The molecule has 2 aromatic carbocycles. The highest BCUT2D eigenvalue weighted by Gasteiger charge is 2.19. The lowest BCUT2D eigenvalue weighted by molar-refractivity contribution is 0.584. The highest BCUT2D eigenvalue weighted by molar-refractivity contribution is 7.88. The third-order valence-electron chi connectivity index (χ3n) is 4.36. The van der Waals surface area contributed by atoms with Crippen molar-refractivity contribution < 1.29 is 8.42 Å². The number of aromatic amines is 1. The van der Waals surface area contributed by atoms with Crippen LogP contribution in [0.1, 0.15) is 17.0 Å². The number of benzene rings is 2. The maximum atomic E-state index is 11.6. The van der Waals surface area contributed by atoms with Gasteiger partial charge in [0.15, 0.2) is 0 Å². The van der Waals surface area contributed by atoms with Gasteiger partial charge >= 0.3 is 0 Å². The molecule has 25 heavy (non-hydrogen) atoms. The molecule has 3 rings (SSSR count). The smallest absolute Gasteiger partial charge is 0.208 e. The third-order valence-corrected chi connectivity index (χ3v) is 5.05. The summed E-state index contributed by atoms with van der Waals surface area (Å²) >= 11 is 0. The van der Waals surface area contributed by atoms with Crippen molar-refractivity contribution in [2.24, 2.45) is 0 Å². The Bertz CT molecular complexity index is 960. The van der Waals surface area contributed by atoms with Crippen LogP contribution in [-0.2, 0) is 10.0 Å². The summed E-state index contributed by atoms with van der Waals surface area (Å²) in [7, 11) is 0.733. The molecule has 0 saturated carbocycles. The number of fused-ring (bicyclic) bond motifs is 1. The summed E-state index contributed by atoms with van der Waals surface area (Å²) in [5.74, 6) is -0.0675. The monoisotopic (exact) mass is 357 g/mol. The van der Waals surface area contributed by atoms with Crippen LogP contribution in [0.2, 0.25) is 0 Å². The van der Waals surface area contributed by atoms with Gasteiger partial charge in [-0.25, -0.2) is 13.1 Å². The van der Waals surface area contributed by atoms with E-state index in [9.17, 15) is 8.42 Å². The van der Waals surface area contributed by atoms with Crippen LogP contribution in [-0.4, -0.2) is 40.3 Å². The number of nitrogens with zero attached hydrogens (tertiary/aromatic N) is 1. The van der Waals surface area contributed by atoms with Gasteiger partial charge in [0.25, 0.3) is 0 Å². The first-order valence-corrected chi connectivity index (χ1v) is 10.0. The first kappa shape index (κ1) is 17.5. The quantitative estimate of drug-likeness (QED) is 0.713. The van der Waals surface area contributed by atoms with Crippen LogP contribution in [0.15, 0.2) is 54.7 Å². The fraction of sp³-hybridized carbons (Fsp3) is 0.263. The van der Waals surface area contributed by atoms with Gasteiger partial charge in [0.1, 0.15) is 0 Å². The van der Waals surface area contributed by atoms with Crippen molar-refractivity contribution in [1.82, 2.24) is 9.71 Å². The Morgan fingerprint density at radius 3 is 2.40 bits per heavy atom. The second-order valence-corrected chi connectivity index (χ2v) is 8.28. The van der Waals surface area contributed by atoms with Gasteiger partial charge < -0.3 is 9.88 Å². The van der Waals surface area contributed by atoms with Gasteiger partial charge in [0.2, 0.25) is 10.0 Å². The van der Waals surface area contributed by atoms with Crippen molar-refractivity contribution >= 4 is 26.6 Å². The number of para-hydroxylation sites is 1. The molecular weight excluding hydrogens is 334 g/mol. The van der Waals surface area contributed by atoms with Crippen LogP contribution in [0.4, 0.5) is 5.69 Å². The standard InChI is InChI=1S/C19H23N3O2S/c1-22(2)15-10-8-14(9-11-15)17(13-21-25(3,23)24)18-12-20-19-7-5-4-6-16(18)19/h4-12,17,20-21H,13H2,1-3H3. The third kappa shape index (κ3) is 4.03. The summed E-state index contributed by atoms with van der Waals surface area (Å²) < 4.78 is 25.9. The summed E-state index contributed by atoms with van der Waals surface area (Å²) in [6.07, 6.45) is 3.16. The van der Waals surface area contributed by atoms with E-state index in [0.29, 0.717) is 6.54 Å². The lowest BCUT2D eigenvalue weighted by Crippen LogP contribution is -2.27. The van der Waals surface area contributed by atoms with Gasteiger partial charge in [-0.3, -0.25) is 0 Å². The molecule has 1 unspecified atom stereocenters. The van der Waals surface area contributed by atoms with Gasteiger partial charge in [-0.2, -0.15) is 0 Å². The van der Waals surface area contributed by atoms with Crippen LogP contribution in [0.3, 0.4) is 0 Å². The molecule has 1 atom stereocenters. The zero-order valence-electron chi connectivity index (χ0n) is 14.7. The predicted molar refractivity (Wildman–Crippen MR) is 104 cm³/mol. The average Bonchev–Trinajstić information content (AvgIpc) is 2.99. The molecule has 0 saturated heterocycles. The Kier molecular flexibility index (Phi) is 4.83. The van der Waals surface area contributed by atoms with Crippen molar-refractivity contribution in [3.8, 4) is 0 Å². The highest BCUT2D eigenvalue weighted by Crippen LogP contribution is 2.31. The first-order chi connectivity index (χ1) is 11.8. The van der Waals surface area contributed by atoms with E-state index in [1.165, 1.54) is 6.26 Å². The Morgan fingerprint density at radius 1 is 1.08 bits per heavy atom. The molecule has 0 aliphatic carbocycles. The maximum absolute atomic E-state index is 11.6. The van der Waals surface area contributed by atoms with Crippen LogP contribution in [0, 0.1) is 0 Å². The van der Waals surface area contributed by atoms with E-state index < -0.39 is 10.0 Å². The zero-order chi connectivity index (χ0) is 18.0. The highest BCUT2D eigenvalue weighted by atomic mass is 32.2. The second-order valence-electron chi connectivity index (χ2n) is 6.45. The Labute approximate surface area is 148 Å². The van der Waals surface area contributed by atoms with E-state index in [1.54, 1.807) is 0 Å². The average molecular weight is 357 g/mol. The van der Waals surface area contributed by atoms with E-state index in [4.69, 9.17) is 0 Å². The molecule has 132 valence electrons. The van der Waals surface area contributed by atoms with E-state index >= 15 is 0 Å². The lowest BCUT2D eigenvalue weighted by atomic mass is 9.91. The number of H-pyrrole nitrogens is 1. The molecule has 1 heterocycles. The Balaban J connectivity index is 2.03. The normalized spacial score (nSPS) is 13.1.